The number of carbonyl (C=O) groups is 1. The number of aromatic amines is 1. The SMILES string of the molecule is COc1ncnc2c1[nH]c(=O)n2-c1cc(OCc2c(OCCNC(=O)OC(C)(C)C)ccc(F)c2F)ccc1Cl. The van der Waals surface area contributed by atoms with Crippen LogP contribution in [0.4, 0.5) is 13.6 Å². The molecule has 0 saturated heterocycles. The second-order valence-electron chi connectivity index (χ2n) is 9.36. The second-order valence-corrected chi connectivity index (χ2v) is 9.77. The summed E-state index contributed by atoms with van der Waals surface area (Å²) in [6.07, 6.45) is 0.596. The third kappa shape index (κ3) is 6.42. The fourth-order valence-electron chi connectivity index (χ4n) is 3.66. The number of benzene rings is 2. The number of imidazole rings is 1. The highest BCUT2D eigenvalue weighted by Gasteiger charge is 2.20. The topological polar surface area (TPSA) is 130 Å². The lowest BCUT2D eigenvalue weighted by molar-refractivity contribution is 0.0520. The van der Waals surface area contributed by atoms with Crippen LogP contribution in [0.5, 0.6) is 17.4 Å². The Kier molecular flexibility index (Phi) is 8.43. The maximum absolute atomic E-state index is 14.7. The molecule has 0 atom stereocenters. The summed E-state index contributed by atoms with van der Waals surface area (Å²) < 4.78 is 51.6. The molecule has 2 aromatic carbocycles. The highest BCUT2D eigenvalue weighted by molar-refractivity contribution is 6.32. The Morgan fingerprint density at radius 3 is 2.65 bits per heavy atom. The second kappa shape index (κ2) is 11.8. The Morgan fingerprint density at radius 2 is 1.93 bits per heavy atom. The summed E-state index contributed by atoms with van der Waals surface area (Å²) in [7, 11) is 1.40. The van der Waals surface area contributed by atoms with E-state index >= 15 is 0 Å². The van der Waals surface area contributed by atoms with Crippen LogP contribution in [-0.2, 0) is 11.3 Å². The third-order valence-electron chi connectivity index (χ3n) is 5.36. The molecule has 14 heteroatoms. The van der Waals surface area contributed by atoms with E-state index in [-0.39, 0.29) is 58.0 Å². The zero-order valence-corrected chi connectivity index (χ0v) is 22.8. The van der Waals surface area contributed by atoms with Gasteiger partial charge >= 0.3 is 11.8 Å². The first kappa shape index (κ1) is 28.6. The quantitative estimate of drug-likeness (QED) is 0.278. The fraction of sp³-hybridized carbons (Fsp3) is 0.308. The van der Waals surface area contributed by atoms with E-state index in [4.69, 9.17) is 30.5 Å². The van der Waals surface area contributed by atoms with Gasteiger partial charge in [0.15, 0.2) is 17.3 Å². The number of hydrogen-bond donors (Lipinski definition) is 2. The van der Waals surface area contributed by atoms with Gasteiger partial charge in [0.25, 0.3) is 0 Å². The minimum absolute atomic E-state index is 0.0238. The van der Waals surface area contributed by atoms with E-state index in [0.29, 0.717) is 0 Å². The Morgan fingerprint density at radius 1 is 1.15 bits per heavy atom. The van der Waals surface area contributed by atoms with Crippen molar-refractivity contribution in [2.24, 2.45) is 0 Å². The average Bonchev–Trinajstić information content (AvgIpc) is 3.23. The van der Waals surface area contributed by atoms with E-state index < -0.39 is 35.6 Å². The van der Waals surface area contributed by atoms with Crippen molar-refractivity contribution in [3.05, 3.63) is 69.4 Å². The van der Waals surface area contributed by atoms with Crippen molar-refractivity contribution in [2.75, 3.05) is 20.3 Å². The molecule has 0 unspecified atom stereocenters. The van der Waals surface area contributed by atoms with Crippen molar-refractivity contribution >= 4 is 28.9 Å². The molecule has 0 bridgehead atoms. The van der Waals surface area contributed by atoms with Crippen LogP contribution in [-0.4, -0.2) is 51.5 Å². The standard InChI is InChI=1S/C26H26ClF2N5O6/c1-26(2,3)40-25(36)30-9-10-38-19-8-7-17(28)20(29)15(19)12-39-14-5-6-16(27)18(11-14)34-22-21(33-24(34)35)23(37-4)32-13-31-22/h5-8,11,13H,9-10,12H2,1-4H3,(H,30,36)(H,33,35). The van der Waals surface area contributed by atoms with Crippen LogP contribution < -0.4 is 25.2 Å². The summed E-state index contributed by atoms with van der Waals surface area (Å²) >= 11 is 6.38. The number of hydrogen-bond acceptors (Lipinski definition) is 8. The van der Waals surface area contributed by atoms with Gasteiger partial charge in [-0.2, -0.15) is 4.98 Å². The number of nitrogens with one attached hydrogen (secondary N) is 2. The van der Waals surface area contributed by atoms with Crippen molar-refractivity contribution in [1.82, 2.24) is 24.8 Å². The van der Waals surface area contributed by atoms with Crippen LogP contribution in [0.25, 0.3) is 16.9 Å². The van der Waals surface area contributed by atoms with Crippen LogP contribution in [0.1, 0.15) is 26.3 Å². The zero-order valence-electron chi connectivity index (χ0n) is 22.0. The largest absolute Gasteiger partial charge is 0.491 e. The Balaban J connectivity index is 1.52. The molecule has 212 valence electrons. The van der Waals surface area contributed by atoms with E-state index in [0.717, 1.165) is 6.07 Å². The van der Waals surface area contributed by atoms with Crippen molar-refractivity contribution < 1.29 is 32.5 Å². The molecule has 4 rings (SSSR count). The van der Waals surface area contributed by atoms with Gasteiger partial charge < -0.3 is 24.3 Å². The number of rotatable bonds is 9. The first-order chi connectivity index (χ1) is 19.0. The maximum atomic E-state index is 14.7. The van der Waals surface area contributed by atoms with Gasteiger partial charge in [-0.25, -0.2) is 27.9 Å². The van der Waals surface area contributed by atoms with Crippen molar-refractivity contribution in [3.63, 3.8) is 0 Å². The van der Waals surface area contributed by atoms with E-state index in [1.165, 1.54) is 42.3 Å². The highest BCUT2D eigenvalue weighted by atomic mass is 35.5. The summed E-state index contributed by atoms with van der Waals surface area (Å²) in [5, 5.41) is 2.72. The van der Waals surface area contributed by atoms with Crippen molar-refractivity contribution in [2.45, 2.75) is 33.0 Å². The van der Waals surface area contributed by atoms with Gasteiger partial charge in [-0.05, 0) is 45.0 Å². The predicted octanol–water partition coefficient (Wildman–Crippen LogP) is 4.53. The van der Waals surface area contributed by atoms with Crippen LogP contribution in [0.2, 0.25) is 5.02 Å². The molecular weight excluding hydrogens is 552 g/mol. The van der Waals surface area contributed by atoms with Gasteiger partial charge in [-0.1, -0.05) is 11.6 Å². The summed E-state index contributed by atoms with van der Waals surface area (Å²) in [4.78, 5) is 35.3. The number of fused-ring (bicyclic) bond motifs is 1. The van der Waals surface area contributed by atoms with Gasteiger partial charge in [0, 0.05) is 6.07 Å². The van der Waals surface area contributed by atoms with E-state index in [1.54, 1.807) is 20.8 Å². The molecule has 0 spiro atoms. The minimum atomic E-state index is -1.15. The minimum Gasteiger partial charge on any atom is -0.491 e. The number of nitrogens with zero attached hydrogens (tertiary/aromatic N) is 3. The Bertz CT molecular complexity index is 1600. The van der Waals surface area contributed by atoms with Gasteiger partial charge in [-0.15, -0.1) is 0 Å². The van der Waals surface area contributed by atoms with Crippen molar-refractivity contribution in [1.29, 1.82) is 0 Å². The molecule has 0 radical (unpaired) electrons. The molecule has 0 aliphatic heterocycles. The number of amides is 1. The van der Waals surface area contributed by atoms with Gasteiger partial charge in [0.2, 0.25) is 5.88 Å². The lowest BCUT2D eigenvalue weighted by Crippen LogP contribution is -2.34. The van der Waals surface area contributed by atoms with E-state index in [2.05, 4.69) is 20.3 Å². The van der Waals surface area contributed by atoms with Crippen molar-refractivity contribution in [3.8, 4) is 23.1 Å². The molecule has 11 nitrogen and oxygen atoms in total. The zero-order chi connectivity index (χ0) is 29.0. The summed E-state index contributed by atoms with van der Waals surface area (Å²) in [5.74, 6) is -1.85. The third-order valence-corrected chi connectivity index (χ3v) is 5.67. The normalized spacial score (nSPS) is 11.4. The molecule has 0 fully saturated rings. The summed E-state index contributed by atoms with van der Waals surface area (Å²) in [6.45, 7) is 4.78. The molecule has 40 heavy (non-hydrogen) atoms. The maximum Gasteiger partial charge on any atom is 0.407 e. The number of ether oxygens (including phenoxy) is 4. The summed E-state index contributed by atoms with van der Waals surface area (Å²) in [6, 6.07) is 6.63. The lowest BCUT2D eigenvalue weighted by Gasteiger charge is -2.20. The predicted molar refractivity (Wildman–Crippen MR) is 141 cm³/mol. The number of methoxy groups -OCH3 is 1. The Hall–Kier alpha value is -4.39. The van der Waals surface area contributed by atoms with E-state index in [1.807, 2.05) is 0 Å². The molecule has 1 amide bonds. The lowest BCUT2D eigenvalue weighted by atomic mass is 10.2. The average molecular weight is 578 g/mol. The molecule has 2 heterocycles. The smallest absolute Gasteiger partial charge is 0.407 e. The first-order valence-electron chi connectivity index (χ1n) is 12.0. The first-order valence-corrected chi connectivity index (χ1v) is 12.3. The Labute approximate surface area is 232 Å². The van der Waals surface area contributed by atoms with Gasteiger partial charge in [-0.3, -0.25) is 4.98 Å². The molecule has 4 aromatic rings. The van der Waals surface area contributed by atoms with Crippen LogP contribution in [0, 0.1) is 11.6 Å². The molecule has 2 N–H and O–H groups in total. The van der Waals surface area contributed by atoms with E-state index in [9.17, 15) is 18.4 Å². The molecule has 0 saturated carbocycles. The van der Waals surface area contributed by atoms with Crippen LogP contribution >= 0.6 is 11.6 Å². The fourth-order valence-corrected chi connectivity index (χ4v) is 3.86. The number of alkyl carbamates (subject to hydrolysis) is 1. The monoisotopic (exact) mass is 577 g/mol. The van der Waals surface area contributed by atoms with Gasteiger partial charge in [0.1, 0.15) is 42.2 Å². The van der Waals surface area contributed by atoms with Crippen LogP contribution in [0.15, 0.2) is 41.5 Å². The van der Waals surface area contributed by atoms with Crippen LogP contribution in [0.3, 0.4) is 0 Å². The molecular formula is C26H26ClF2N5O6. The number of aromatic nitrogens is 4. The number of carbonyl (C=O) groups excluding carboxylic acids is 1. The highest BCUT2D eigenvalue weighted by Crippen LogP contribution is 2.30. The number of H-pyrrole nitrogens is 1. The van der Waals surface area contributed by atoms with Gasteiger partial charge in [0.05, 0.1) is 29.9 Å². The molecule has 0 aliphatic carbocycles. The number of halogens is 3. The summed E-state index contributed by atoms with van der Waals surface area (Å²) in [5.41, 5.74) is -0.708. The molecule has 2 aromatic heterocycles. The molecule has 0 aliphatic rings.